The maximum absolute atomic E-state index is 13.5. The molecule has 9 N–H and O–H groups in total. The smallest absolute Gasteiger partial charge is 0.335 e. The quantitative estimate of drug-likeness (QED) is 0.0778. The van der Waals surface area contributed by atoms with E-state index < -0.39 is 53.3 Å². The van der Waals surface area contributed by atoms with Crippen molar-refractivity contribution in [3.63, 3.8) is 0 Å². The molecule has 6 atom stereocenters. The number of aliphatic carboxylic acids is 1. The highest BCUT2D eigenvalue weighted by Gasteiger charge is 2.58. The molecule has 1 aromatic heterocycles. The maximum atomic E-state index is 13.5. The van der Waals surface area contributed by atoms with E-state index in [1.807, 2.05) is 37.4 Å². The number of phenols is 1. The molecule has 5 rings (SSSR count). The Kier molecular flexibility index (Phi) is 12.4. The predicted octanol–water partition coefficient (Wildman–Crippen LogP) is 2.21. The third-order valence-electron chi connectivity index (χ3n) is 9.07. The van der Waals surface area contributed by atoms with Gasteiger partial charge in [-0.1, -0.05) is 54.6 Å². The van der Waals surface area contributed by atoms with Crippen molar-refractivity contribution in [3.8, 4) is 22.6 Å². The van der Waals surface area contributed by atoms with Crippen molar-refractivity contribution in [1.82, 2.24) is 10.6 Å². The van der Waals surface area contributed by atoms with E-state index in [0.29, 0.717) is 13.0 Å². The summed E-state index contributed by atoms with van der Waals surface area (Å²) >= 11 is 0. The van der Waals surface area contributed by atoms with Crippen molar-refractivity contribution in [2.45, 2.75) is 49.5 Å². The number of primary amides is 1. The molecule has 1 aliphatic rings. The zero-order chi connectivity index (χ0) is 37.4. The molecule has 1 amide bonds. The van der Waals surface area contributed by atoms with Crippen molar-refractivity contribution in [2.75, 3.05) is 26.7 Å². The number of rotatable bonds is 16. The van der Waals surface area contributed by atoms with E-state index in [-0.39, 0.29) is 46.1 Å². The molecule has 0 radical (unpaired) electrons. The molecule has 4 aromatic rings. The summed E-state index contributed by atoms with van der Waals surface area (Å²) in [5, 5.41) is 59.1. The van der Waals surface area contributed by atoms with Crippen LogP contribution in [-0.4, -0.2) is 94.3 Å². The van der Waals surface area contributed by atoms with E-state index in [2.05, 4.69) is 22.8 Å². The normalized spacial score (nSPS) is 22.4. The molecule has 14 heteroatoms. The molecule has 1 aliphatic heterocycles. The lowest BCUT2D eigenvalue weighted by Crippen LogP contribution is -2.71. The SMILES string of the molecule is CNCC[C@@H](CC=Cc1ccccc1)CCNC[C@@]1(O)[C@H](Oc2ccc3c(=O)c(-c4ccc(O)cc4)c(C(N)=O)oc3c2)O[C@H](C(=O)O)[C@@H](O)[C@@H]1O. The summed E-state index contributed by atoms with van der Waals surface area (Å²) in [7, 11) is 1.87. The summed E-state index contributed by atoms with van der Waals surface area (Å²) in [4.78, 5) is 37.8. The molecule has 0 spiro atoms. The Labute approximate surface area is 299 Å². The zero-order valence-corrected chi connectivity index (χ0v) is 28.5. The minimum absolute atomic E-state index is 0.0345. The molecule has 52 heavy (non-hydrogen) atoms. The van der Waals surface area contributed by atoms with E-state index in [1.165, 1.54) is 42.5 Å². The van der Waals surface area contributed by atoms with Gasteiger partial charge in [0, 0.05) is 12.6 Å². The minimum Gasteiger partial charge on any atom is -0.508 e. The fourth-order valence-corrected chi connectivity index (χ4v) is 6.17. The van der Waals surface area contributed by atoms with Crippen LogP contribution in [0.5, 0.6) is 11.5 Å². The highest BCUT2D eigenvalue weighted by atomic mass is 16.7. The lowest BCUT2D eigenvalue weighted by molar-refractivity contribution is -0.311. The second kappa shape index (κ2) is 17.0. The molecular weight excluding hydrogens is 674 g/mol. The van der Waals surface area contributed by atoms with E-state index in [4.69, 9.17) is 19.6 Å². The zero-order valence-electron chi connectivity index (χ0n) is 28.5. The van der Waals surface area contributed by atoms with Crippen molar-refractivity contribution in [3.05, 3.63) is 100 Å². The summed E-state index contributed by atoms with van der Waals surface area (Å²) in [6.45, 7) is 0.837. The lowest BCUT2D eigenvalue weighted by Gasteiger charge is -2.46. The van der Waals surface area contributed by atoms with Gasteiger partial charge >= 0.3 is 5.97 Å². The van der Waals surface area contributed by atoms with Crippen LogP contribution in [0.1, 0.15) is 35.4 Å². The Morgan fingerprint density at radius 3 is 2.42 bits per heavy atom. The van der Waals surface area contributed by atoms with Gasteiger partial charge in [-0.05, 0) is 80.7 Å². The number of aromatic hydroxyl groups is 1. The van der Waals surface area contributed by atoms with Gasteiger partial charge in [0.1, 0.15) is 29.3 Å². The Morgan fingerprint density at radius 2 is 1.75 bits per heavy atom. The Balaban J connectivity index is 1.36. The van der Waals surface area contributed by atoms with Gasteiger partial charge in [-0.25, -0.2) is 4.79 Å². The van der Waals surface area contributed by atoms with Crippen LogP contribution < -0.4 is 26.5 Å². The number of carbonyl (C=O) groups is 2. The molecule has 3 aromatic carbocycles. The number of aliphatic hydroxyl groups is 3. The largest absolute Gasteiger partial charge is 0.508 e. The number of nitrogens with two attached hydrogens (primary N) is 1. The molecule has 1 fully saturated rings. The lowest BCUT2D eigenvalue weighted by atomic mass is 9.86. The molecule has 0 aliphatic carbocycles. The number of ether oxygens (including phenoxy) is 2. The van der Waals surface area contributed by atoms with Crippen LogP contribution in [0, 0.1) is 5.92 Å². The van der Waals surface area contributed by atoms with Gasteiger partial charge < -0.3 is 55.8 Å². The highest BCUT2D eigenvalue weighted by Crippen LogP contribution is 2.34. The van der Waals surface area contributed by atoms with Crippen molar-refractivity contribution in [2.24, 2.45) is 11.7 Å². The van der Waals surface area contributed by atoms with Gasteiger partial charge in [0.05, 0.1) is 10.9 Å². The molecule has 0 saturated carbocycles. The maximum Gasteiger partial charge on any atom is 0.335 e. The van der Waals surface area contributed by atoms with Crippen molar-refractivity contribution < 1.29 is 49.0 Å². The monoisotopic (exact) mass is 717 g/mol. The second-order valence-electron chi connectivity index (χ2n) is 12.7. The predicted molar refractivity (Wildman–Crippen MR) is 192 cm³/mol. The Bertz CT molecular complexity index is 1930. The summed E-state index contributed by atoms with van der Waals surface area (Å²) in [6, 6.07) is 19.3. The fraction of sp³-hybridized carbons (Fsp3) is 0.342. The van der Waals surface area contributed by atoms with Crippen LogP contribution in [0.15, 0.2) is 88.1 Å². The summed E-state index contributed by atoms with van der Waals surface area (Å²) in [5.74, 6) is -2.96. The number of benzene rings is 3. The highest BCUT2D eigenvalue weighted by molar-refractivity contribution is 5.99. The average Bonchev–Trinajstić information content (AvgIpc) is 3.13. The Hall–Kier alpha value is -5.09. The third-order valence-corrected chi connectivity index (χ3v) is 9.07. The number of phenolic OH excluding ortho intramolecular Hbond substituents is 1. The van der Waals surface area contributed by atoms with E-state index in [0.717, 1.165) is 24.9 Å². The molecule has 2 heterocycles. The Morgan fingerprint density at radius 1 is 1.04 bits per heavy atom. The molecule has 1 saturated heterocycles. The first-order valence-electron chi connectivity index (χ1n) is 16.8. The van der Waals surface area contributed by atoms with Gasteiger partial charge in [-0.3, -0.25) is 9.59 Å². The number of hydrogen-bond acceptors (Lipinski definition) is 12. The van der Waals surface area contributed by atoms with E-state index >= 15 is 0 Å². The van der Waals surface area contributed by atoms with Crippen LogP contribution in [0.2, 0.25) is 0 Å². The summed E-state index contributed by atoms with van der Waals surface area (Å²) in [6.07, 6.45) is -1.25. The van der Waals surface area contributed by atoms with Gasteiger partial charge in [0.15, 0.2) is 11.7 Å². The number of carboxylic acids is 1. The fourth-order valence-electron chi connectivity index (χ4n) is 6.17. The third kappa shape index (κ3) is 8.67. The number of carbonyl (C=O) groups excluding carboxylic acids is 1. The van der Waals surface area contributed by atoms with E-state index in [1.54, 1.807) is 0 Å². The minimum atomic E-state index is -2.35. The molecule has 14 nitrogen and oxygen atoms in total. The number of amides is 1. The van der Waals surface area contributed by atoms with Gasteiger partial charge in [-0.2, -0.15) is 0 Å². The summed E-state index contributed by atoms with van der Waals surface area (Å²) < 4.78 is 17.2. The van der Waals surface area contributed by atoms with Gasteiger partial charge in [0.25, 0.3) is 5.91 Å². The van der Waals surface area contributed by atoms with Gasteiger partial charge in [0.2, 0.25) is 17.5 Å². The van der Waals surface area contributed by atoms with Crippen molar-refractivity contribution >= 4 is 28.9 Å². The van der Waals surface area contributed by atoms with Crippen molar-refractivity contribution in [1.29, 1.82) is 0 Å². The molecule has 0 unspecified atom stereocenters. The van der Waals surface area contributed by atoms with Gasteiger partial charge in [-0.15, -0.1) is 0 Å². The topological polar surface area (TPSA) is 234 Å². The standard InChI is InChI=1S/C38H43N3O11/c1-40-18-16-23(9-5-8-22-6-3-2-4-7-22)17-19-41-21-38(49)34(45)31(44)33(36(47)48)52-37(38)50-26-14-15-27-28(20-26)51-32(35(39)46)29(30(27)43)24-10-12-25(42)13-11-24/h2-8,10-15,20,23,31,33-34,37,40-42,44-45,49H,9,16-19,21H2,1H3,(H2,39,46)(H,47,48)/t23-,31-,33+,34+,37-,38+/m1/s1. The first-order chi connectivity index (χ1) is 24.9. The summed E-state index contributed by atoms with van der Waals surface area (Å²) in [5.41, 5.74) is 3.73. The number of fused-ring (bicyclic) bond motifs is 1. The first kappa shape index (κ1) is 38.1. The molecule has 276 valence electrons. The first-order valence-corrected chi connectivity index (χ1v) is 16.8. The van der Waals surface area contributed by atoms with Crippen LogP contribution >= 0.6 is 0 Å². The number of hydrogen-bond donors (Lipinski definition) is 8. The van der Waals surface area contributed by atoms with Crippen LogP contribution in [0.4, 0.5) is 0 Å². The molecule has 0 bridgehead atoms. The number of nitrogens with one attached hydrogen (secondary N) is 2. The average molecular weight is 718 g/mol. The van der Waals surface area contributed by atoms with Crippen LogP contribution in [0.3, 0.4) is 0 Å². The van der Waals surface area contributed by atoms with Crippen LogP contribution in [-0.2, 0) is 9.53 Å². The number of allylic oxidation sites excluding steroid dienone is 1. The number of aliphatic hydroxyl groups excluding tert-OH is 2. The van der Waals surface area contributed by atoms with Crippen LogP contribution in [0.25, 0.3) is 28.2 Å². The molecular formula is C38H43N3O11. The number of carboxylic acid groups (broad SMARTS) is 1. The van der Waals surface area contributed by atoms with E-state index in [9.17, 15) is 39.9 Å². The second-order valence-corrected chi connectivity index (χ2v) is 12.7.